The summed E-state index contributed by atoms with van der Waals surface area (Å²) in [5, 5.41) is 7.78. The Balaban J connectivity index is 2.44. The van der Waals surface area contributed by atoms with Crippen molar-refractivity contribution in [3.8, 4) is 0 Å². The molecule has 4 nitrogen and oxygen atoms in total. The summed E-state index contributed by atoms with van der Waals surface area (Å²) >= 11 is 0. The first-order valence-corrected chi connectivity index (χ1v) is 5.26. The number of nitrogens with two attached hydrogens (primary N) is 1. The van der Waals surface area contributed by atoms with Gasteiger partial charge in [-0.25, -0.2) is 0 Å². The number of aromatic nitrogens is 2. The molecule has 3 N–H and O–H groups in total. The summed E-state index contributed by atoms with van der Waals surface area (Å²) < 4.78 is 2.07. The zero-order chi connectivity index (χ0) is 10.1. The van der Waals surface area contributed by atoms with Gasteiger partial charge in [-0.3, -0.25) is 4.68 Å². The highest BCUT2D eigenvalue weighted by Gasteiger charge is 2.18. The number of rotatable bonds is 1. The van der Waals surface area contributed by atoms with E-state index in [1.807, 2.05) is 0 Å². The lowest BCUT2D eigenvalue weighted by Gasteiger charge is -2.10. The lowest BCUT2D eigenvalue weighted by molar-refractivity contribution is 0.508. The normalized spacial score (nSPS) is 16.8. The Morgan fingerprint density at radius 3 is 2.79 bits per heavy atom. The molecule has 0 aromatic carbocycles. The molecule has 78 valence electrons. The van der Waals surface area contributed by atoms with Crippen molar-refractivity contribution in [2.45, 2.75) is 32.7 Å². The molecule has 0 atom stereocenters. The first kappa shape index (κ1) is 9.52. The molecule has 2 heterocycles. The van der Waals surface area contributed by atoms with E-state index in [0.717, 1.165) is 31.7 Å². The van der Waals surface area contributed by atoms with Crippen LogP contribution < -0.4 is 11.1 Å². The Morgan fingerprint density at radius 1 is 1.36 bits per heavy atom. The summed E-state index contributed by atoms with van der Waals surface area (Å²) in [6.07, 6.45) is 2.05. The highest BCUT2D eigenvalue weighted by Crippen LogP contribution is 2.22. The van der Waals surface area contributed by atoms with Gasteiger partial charge in [-0.15, -0.1) is 0 Å². The van der Waals surface area contributed by atoms with Gasteiger partial charge < -0.3 is 11.1 Å². The van der Waals surface area contributed by atoms with Crippen molar-refractivity contribution in [3.05, 3.63) is 11.3 Å². The van der Waals surface area contributed by atoms with Crippen LogP contribution in [0.5, 0.6) is 0 Å². The zero-order valence-corrected chi connectivity index (χ0v) is 8.88. The smallest absolute Gasteiger partial charge is 0.148 e. The molecule has 1 aromatic rings. The van der Waals surface area contributed by atoms with Crippen molar-refractivity contribution in [1.29, 1.82) is 0 Å². The fraction of sp³-hybridized carbons (Fsp3) is 0.700. The number of nitrogens with one attached hydrogen (secondary N) is 1. The lowest BCUT2D eigenvalue weighted by atomic mass is 10.1. The molecule has 0 aliphatic carbocycles. The first-order chi connectivity index (χ1) is 6.70. The topological polar surface area (TPSA) is 55.9 Å². The van der Waals surface area contributed by atoms with E-state index in [-0.39, 0.29) is 0 Å². The molecule has 2 rings (SSSR count). The monoisotopic (exact) mass is 194 g/mol. The molecule has 1 aliphatic rings. The number of hydrogen-bond acceptors (Lipinski definition) is 3. The molecule has 0 saturated carbocycles. The molecule has 0 bridgehead atoms. The molecule has 0 saturated heterocycles. The summed E-state index contributed by atoms with van der Waals surface area (Å²) in [7, 11) is 0. The van der Waals surface area contributed by atoms with E-state index < -0.39 is 0 Å². The number of nitrogen functional groups attached to an aromatic ring is 1. The molecule has 4 heteroatoms. The molecule has 0 fully saturated rings. The van der Waals surface area contributed by atoms with Crippen LogP contribution in [0.2, 0.25) is 0 Å². The third-order valence-corrected chi connectivity index (χ3v) is 2.73. The Kier molecular flexibility index (Phi) is 2.46. The van der Waals surface area contributed by atoms with Gasteiger partial charge in [-0.05, 0) is 26.8 Å². The largest absolute Gasteiger partial charge is 0.382 e. The van der Waals surface area contributed by atoms with Crippen molar-refractivity contribution in [1.82, 2.24) is 15.1 Å². The summed E-state index contributed by atoms with van der Waals surface area (Å²) in [6.45, 7) is 6.34. The van der Waals surface area contributed by atoms with Crippen LogP contribution in [0.4, 0.5) is 5.82 Å². The minimum atomic E-state index is 0.402. The van der Waals surface area contributed by atoms with Crippen molar-refractivity contribution in [2.24, 2.45) is 0 Å². The molecule has 0 unspecified atom stereocenters. The first-order valence-electron chi connectivity index (χ1n) is 5.26. The highest BCUT2D eigenvalue weighted by molar-refractivity contribution is 5.43. The van der Waals surface area contributed by atoms with E-state index in [1.165, 1.54) is 11.3 Å². The fourth-order valence-electron chi connectivity index (χ4n) is 2.03. The van der Waals surface area contributed by atoms with Gasteiger partial charge >= 0.3 is 0 Å². The summed E-state index contributed by atoms with van der Waals surface area (Å²) in [5.74, 6) is 0.720. The van der Waals surface area contributed by atoms with Crippen LogP contribution in [0.1, 0.15) is 31.1 Å². The third kappa shape index (κ3) is 1.50. The third-order valence-electron chi connectivity index (χ3n) is 2.73. The minimum absolute atomic E-state index is 0.402. The van der Waals surface area contributed by atoms with Crippen molar-refractivity contribution < 1.29 is 0 Å². The van der Waals surface area contributed by atoms with E-state index in [4.69, 9.17) is 5.73 Å². The van der Waals surface area contributed by atoms with Gasteiger partial charge in [0.15, 0.2) is 0 Å². The average molecular weight is 194 g/mol. The van der Waals surface area contributed by atoms with E-state index in [0.29, 0.717) is 6.04 Å². The van der Waals surface area contributed by atoms with Crippen LogP contribution in [0.15, 0.2) is 0 Å². The van der Waals surface area contributed by atoms with Crippen LogP contribution in [0.25, 0.3) is 0 Å². The fourth-order valence-corrected chi connectivity index (χ4v) is 2.03. The molecule has 1 aliphatic heterocycles. The van der Waals surface area contributed by atoms with E-state index in [2.05, 4.69) is 28.9 Å². The highest BCUT2D eigenvalue weighted by atomic mass is 15.3. The minimum Gasteiger partial charge on any atom is -0.382 e. The molecule has 0 radical (unpaired) electrons. The van der Waals surface area contributed by atoms with Crippen LogP contribution in [0.3, 0.4) is 0 Å². The lowest BCUT2D eigenvalue weighted by Crippen LogP contribution is -2.18. The van der Waals surface area contributed by atoms with E-state index >= 15 is 0 Å². The second kappa shape index (κ2) is 3.61. The maximum atomic E-state index is 5.91. The van der Waals surface area contributed by atoms with Crippen LogP contribution in [-0.2, 0) is 12.8 Å². The van der Waals surface area contributed by atoms with Crippen LogP contribution in [0, 0.1) is 0 Å². The molecule has 1 aromatic heterocycles. The molecular weight excluding hydrogens is 176 g/mol. The maximum Gasteiger partial charge on any atom is 0.148 e. The summed E-state index contributed by atoms with van der Waals surface area (Å²) in [5.41, 5.74) is 8.48. The molecule has 0 spiro atoms. The van der Waals surface area contributed by atoms with Crippen molar-refractivity contribution >= 4 is 5.82 Å². The van der Waals surface area contributed by atoms with Crippen molar-refractivity contribution in [2.75, 3.05) is 18.8 Å². The van der Waals surface area contributed by atoms with Crippen LogP contribution in [-0.4, -0.2) is 22.9 Å². The van der Waals surface area contributed by atoms with Gasteiger partial charge in [0.05, 0.1) is 0 Å². The Morgan fingerprint density at radius 2 is 2.07 bits per heavy atom. The van der Waals surface area contributed by atoms with Gasteiger partial charge in [-0.2, -0.15) is 5.10 Å². The quantitative estimate of drug-likeness (QED) is 0.693. The second-order valence-corrected chi connectivity index (χ2v) is 4.10. The SMILES string of the molecule is CC(C)n1nc(N)c2c1CCNCC2. The molecule has 14 heavy (non-hydrogen) atoms. The second-order valence-electron chi connectivity index (χ2n) is 4.10. The summed E-state index contributed by atoms with van der Waals surface area (Å²) in [4.78, 5) is 0. The standard InChI is InChI=1S/C10H18N4/c1-7(2)14-9-4-6-12-5-3-8(9)10(11)13-14/h7,12H,3-6H2,1-2H3,(H2,11,13). The summed E-state index contributed by atoms with van der Waals surface area (Å²) in [6, 6.07) is 0.402. The zero-order valence-electron chi connectivity index (χ0n) is 8.88. The number of anilines is 1. The Labute approximate surface area is 84.5 Å². The van der Waals surface area contributed by atoms with Crippen LogP contribution >= 0.6 is 0 Å². The predicted octanol–water partition coefficient (Wildman–Crippen LogP) is 0.734. The molecular formula is C10H18N4. The van der Waals surface area contributed by atoms with Gasteiger partial charge in [-0.1, -0.05) is 0 Å². The number of hydrogen-bond donors (Lipinski definition) is 2. The predicted molar refractivity (Wildman–Crippen MR) is 57.3 cm³/mol. The van der Waals surface area contributed by atoms with Gasteiger partial charge in [0, 0.05) is 30.3 Å². The maximum absolute atomic E-state index is 5.91. The number of fused-ring (bicyclic) bond motifs is 1. The molecule has 0 amide bonds. The Bertz CT molecular complexity index is 327. The van der Waals surface area contributed by atoms with Crippen molar-refractivity contribution in [3.63, 3.8) is 0 Å². The van der Waals surface area contributed by atoms with E-state index in [1.54, 1.807) is 0 Å². The number of nitrogens with zero attached hydrogens (tertiary/aromatic N) is 2. The van der Waals surface area contributed by atoms with E-state index in [9.17, 15) is 0 Å². The van der Waals surface area contributed by atoms with Gasteiger partial charge in [0.25, 0.3) is 0 Å². The average Bonchev–Trinajstić information content (AvgIpc) is 2.38. The van der Waals surface area contributed by atoms with Gasteiger partial charge in [0.1, 0.15) is 5.82 Å². The Hall–Kier alpha value is -1.03. The van der Waals surface area contributed by atoms with Gasteiger partial charge in [0.2, 0.25) is 0 Å².